The van der Waals surface area contributed by atoms with Crippen molar-refractivity contribution in [2.24, 2.45) is 5.41 Å². The van der Waals surface area contributed by atoms with Crippen LogP contribution in [0.5, 0.6) is 0 Å². The van der Waals surface area contributed by atoms with Gasteiger partial charge in [0.2, 0.25) is 0 Å². The Balaban J connectivity index is 1.78. The number of aliphatic hydroxyl groups excluding tert-OH is 1. The van der Waals surface area contributed by atoms with Gasteiger partial charge in [0.1, 0.15) is 11.6 Å². The standard InChI is InChI=1S/C19H21N3O2/c1-12(23)16-9-14-13(11-21-16)8-17(24)15(10-20)18(14)22-6-4-19(2-3-19)5-7-22/h9,11-12,23H,2-8H2,1H3/t12-/m0/s1. The molecule has 124 valence electrons. The van der Waals surface area contributed by atoms with E-state index < -0.39 is 6.10 Å². The number of aromatic nitrogens is 1. The minimum Gasteiger partial charge on any atom is -0.387 e. The Morgan fingerprint density at radius 2 is 2.04 bits per heavy atom. The molecule has 1 saturated carbocycles. The maximum atomic E-state index is 12.4. The number of allylic oxidation sites excluding steroid dienone is 1. The van der Waals surface area contributed by atoms with E-state index in [9.17, 15) is 15.2 Å². The van der Waals surface area contributed by atoms with Crippen molar-refractivity contribution in [3.63, 3.8) is 0 Å². The monoisotopic (exact) mass is 323 g/mol. The average molecular weight is 323 g/mol. The Morgan fingerprint density at radius 3 is 2.62 bits per heavy atom. The third-order valence-corrected chi connectivity index (χ3v) is 5.77. The highest BCUT2D eigenvalue weighted by Gasteiger charge is 2.45. The summed E-state index contributed by atoms with van der Waals surface area (Å²) in [7, 11) is 0. The van der Waals surface area contributed by atoms with Crippen molar-refractivity contribution >= 4 is 11.5 Å². The van der Waals surface area contributed by atoms with Crippen molar-refractivity contribution in [1.82, 2.24) is 9.88 Å². The number of nitrogens with zero attached hydrogens (tertiary/aromatic N) is 3. The fourth-order valence-electron chi connectivity index (χ4n) is 3.94. The predicted octanol–water partition coefficient (Wildman–Crippen LogP) is 2.37. The van der Waals surface area contributed by atoms with Gasteiger partial charge in [-0.15, -0.1) is 0 Å². The molecule has 3 aliphatic rings. The van der Waals surface area contributed by atoms with Crippen LogP contribution in [0.25, 0.3) is 5.70 Å². The summed E-state index contributed by atoms with van der Waals surface area (Å²) in [6, 6.07) is 3.98. The molecule has 0 aromatic carbocycles. The number of hydrogen-bond acceptors (Lipinski definition) is 5. The number of aliphatic hydroxyl groups is 1. The average Bonchev–Trinajstić information content (AvgIpc) is 3.33. The molecule has 0 amide bonds. The molecule has 1 spiro atoms. The van der Waals surface area contributed by atoms with Gasteiger partial charge in [-0.25, -0.2) is 0 Å². The summed E-state index contributed by atoms with van der Waals surface area (Å²) in [5.41, 5.74) is 3.87. The number of likely N-dealkylation sites (tertiary alicyclic amines) is 1. The van der Waals surface area contributed by atoms with Crippen LogP contribution in [0.1, 0.15) is 55.5 Å². The molecule has 1 aromatic heterocycles. The summed E-state index contributed by atoms with van der Waals surface area (Å²) in [6.45, 7) is 3.45. The third kappa shape index (κ3) is 2.42. The van der Waals surface area contributed by atoms with E-state index in [1.165, 1.54) is 12.8 Å². The Bertz CT molecular complexity index is 774. The second-order valence-electron chi connectivity index (χ2n) is 7.36. The molecule has 5 heteroatoms. The van der Waals surface area contributed by atoms with Crippen LogP contribution < -0.4 is 0 Å². The Labute approximate surface area is 141 Å². The van der Waals surface area contributed by atoms with E-state index in [1.54, 1.807) is 13.1 Å². The second kappa shape index (κ2) is 5.42. The van der Waals surface area contributed by atoms with Crippen LogP contribution in [-0.2, 0) is 11.2 Å². The number of piperidine rings is 1. The lowest BCUT2D eigenvalue weighted by Gasteiger charge is -2.37. The highest BCUT2D eigenvalue weighted by molar-refractivity contribution is 6.09. The normalized spacial score (nSPS) is 23.0. The van der Waals surface area contributed by atoms with E-state index in [0.717, 1.165) is 42.8 Å². The van der Waals surface area contributed by atoms with Crippen LogP contribution in [0.4, 0.5) is 0 Å². The van der Waals surface area contributed by atoms with Gasteiger partial charge < -0.3 is 10.0 Å². The first kappa shape index (κ1) is 15.3. The van der Waals surface area contributed by atoms with Crippen LogP contribution in [-0.4, -0.2) is 33.9 Å². The van der Waals surface area contributed by atoms with Crippen molar-refractivity contribution in [2.75, 3.05) is 13.1 Å². The van der Waals surface area contributed by atoms with E-state index in [-0.39, 0.29) is 17.8 Å². The van der Waals surface area contributed by atoms with Crippen molar-refractivity contribution in [3.8, 4) is 6.07 Å². The number of fused-ring (bicyclic) bond motifs is 1. The van der Waals surface area contributed by atoms with Gasteiger partial charge >= 0.3 is 0 Å². The molecule has 1 saturated heterocycles. The number of nitriles is 1. The maximum absolute atomic E-state index is 12.4. The summed E-state index contributed by atoms with van der Waals surface area (Å²) in [5.74, 6) is -0.127. The summed E-state index contributed by atoms with van der Waals surface area (Å²) < 4.78 is 0. The number of hydrogen-bond donors (Lipinski definition) is 1. The topological polar surface area (TPSA) is 77.2 Å². The Kier molecular flexibility index (Phi) is 3.47. The summed E-state index contributed by atoms with van der Waals surface area (Å²) in [6.07, 6.45) is 6.12. The molecule has 24 heavy (non-hydrogen) atoms. The molecule has 5 nitrogen and oxygen atoms in total. The van der Waals surface area contributed by atoms with Crippen molar-refractivity contribution in [3.05, 3.63) is 34.7 Å². The molecule has 1 aliphatic heterocycles. The fourth-order valence-corrected chi connectivity index (χ4v) is 3.94. The number of pyridine rings is 1. The molecular formula is C19H21N3O2. The maximum Gasteiger partial charge on any atom is 0.179 e. The van der Waals surface area contributed by atoms with Crippen LogP contribution in [0, 0.1) is 16.7 Å². The van der Waals surface area contributed by atoms with E-state index in [2.05, 4.69) is 16.0 Å². The molecule has 2 fully saturated rings. The first-order valence-corrected chi connectivity index (χ1v) is 8.63. The SMILES string of the molecule is C[C@H](O)c1cc2c(cn1)CC(=O)C(C#N)=C2N1CCC2(CC1)CC2. The quantitative estimate of drug-likeness (QED) is 0.904. The third-order valence-electron chi connectivity index (χ3n) is 5.77. The smallest absolute Gasteiger partial charge is 0.179 e. The van der Waals surface area contributed by atoms with Crippen molar-refractivity contribution < 1.29 is 9.90 Å². The zero-order chi connectivity index (χ0) is 16.9. The van der Waals surface area contributed by atoms with Crippen LogP contribution in [0.2, 0.25) is 0 Å². The molecule has 0 radical (unpaired) electrons. The summed E-state index contributed by atoms with van der Waals surface area (Å²) in [4.78, 5) is 18.9. The Morgan fingerprint density at radius 1 is 1.33 bits per heavy atom. The van der Waals surface area contributed by atoms with E-state index in [0.29, 0.717) is 11.1 Å². The van der Waals surface area contributed by atoms with Gasteiger partial charge in [0, 0.05) is 31.3 Å². The number of Topliss-reactive ketones (excluding diaryl/α,β-unsaturated/α-hetero) is 1. The molecular weight excluding hydrogens is 302 g/mol. The van der Waals surface area contributed by atoms with E-state index in [1.807, 2.05) is 6.07 Å². The van der Waals surface area contributed by atoms with Gasteiger partial charge in [-0.05, 0) is 49.7 Å². The first-order chi connectivity index (χ1) is 11.5. The molecule has 0 bridgehead atoms. The number of carbonyl (C=O) groups is 1. The number of rotatable bonds is 2. The molecule has 1 N–H and O–H groups in total. The van der Waals surface area contributed by atoms with Gasteiger partial charge in [0.15, 0.2) is 5.78 Å². The zero-order valence-corrected chi connectivity index (χ0v) is 13.9. The number of carbonyl (C=O) groups excluding carboxylic acids is 1. The van der Waals surface area contributed by atoms with Gasteiger partial charge in [-0.3, -0.25) is 9.78 Å². The second-order valence-corrected chi connectivity index (χ2v) is 7.36. The van der Waals surface area contributed by atoms with Gasteiger partial charge in [0.05, 0.1) is 17.5 Å². The molecule has 4 rings (SSSR count). The first-order valence-electron chi connectivity index (χ1n) is 8.63. The van der Waals surface area contributed by atoms with Gasteiger partial charge in [0.25, 0.3) is 0 Å². The minimum atomic E-state index is -0.671. The highest BCUT2D eigenvalue weighted by Crippen LogP contribution is 2.54. The zero-order valence-electron chi connectivity index (χ0n) is 13.9. The van der Waals surface area contributed by atoms with Crippen molar-refractivity contribution in [1.29, 1.82) is 5.26 Å². The molecule has 0 unspecified atom stereocenters. The van der Waals surface area contributed by atoms with Crippen LogP contribution in [0.15, 0.2) is 17.8 Å². The van der Waals surface area contributed by atoms with Crippen molar-refractivity contribution in [2.45, 2.75) is 45.1 Å². The Hall–Kier alpha value is -2.19. The van der Waals surface area contributed by atoms with Gasteiger partial charge in [-0.2, -0.15) is 5.26 Å². The predicted molar refractivity (Wildman–Crippen MR) is 88.6 cm³/mol. The summed E-state index contributed by atoms with van der Waals surface area (Å²) in [5, 5.41) is 19.4. The fraction of sp³-hybridized carbons (Fsp3) is 0.526. The van der Waals surface area contributed by atoms with E-state index in [4.69, 9.17) is 0 Å². The van der Waals surface area contributed by atoms with Gasteiger partial charge in [-0.1, -0.05) is 0 Å². The molecule has 1 atom stereocenters. The van der Waals surface area contributed by atoms with E-state index >= 15 is 0 Å². The minimum absolute atomic E-state index is 0.127. The molecule has 1 aromatic rings. The lowest BCUT2D eigenvalue weighted by Crippen LogP contribution is -2.36. The highest BCUT2D eigenvalue weighted by atomic mass is 16.3. The largest absolute Gasteiger partial charge is 0.387 e. The lowest BCUT2D eigenvalue weighted by atomic mass is 9.86. The molecule has 2 aliphatic carbocycles. The van der Waals surface area contributed by atoms with Crippen LogP contribution >= 0.6 is 0 Å². The molecule has 2 heterocycles. The summed E-state index contributed by atoms with van der Waals surface area (Å²) >= 11 is 0. The van der Waals surface area contributed by atoms with Crippen LogP contribution in [0.3, 0.4) is 0 Å². The lowest BCUT2D eigenvalue weighted by molar-refractivity contribution is -0.114. The number of ketones is 1.